The van der Waals surface area contributed by atoms with Crippen LogP contribution in [0.25, 0.3) is 10.2 Å². The zero-order valence-electron chi connectivity index (χ0n) is 18.6. The molecule has 0 spiro atoms. The third-order valence-corrected chi connectivity index (χ3v) is 6.73. The van der Waals surface area contributed by atoms with Crippen LogP contribution in [0.1, 0.15) is 51.0 Å². The minimum atomic E-state index is -3.57. The van der Waals surface area contributed by atoms with Gasteiger partial charge in [0.05, 0.1) is 29.6 Å². The van der Waals surface area contributed by atoms with Crippen LogP contribution in [0.2, 0.25) is 0 Å². The first-order chi connectivity index (χ1) is 15.4. The van der Waals surface area contributed by atoms with E-state index in [1.807, 2.05) is 41.0 Å². The van der Waals surface area contributed by atoms with E-state index < -0.39 is 10.0 Å². The number of unbranched alkanes of at least 4 members (excludes halogenated alkanes) is 5. The maximum atomic E-state index is 11.9. The lowest BCUT2D eigenvalue weighted by atomic mass is 10.1. The van der Waals surface area contributed by atoms with Gasteiger partial charge in [-0.25, -0.2) is 13.9 Å². The molecule has 0 radical (unpaired) electrons. The summed E-state index contributed by atoms with van der Waals surface area (Å²) in [7, 11) is -3.57. The highest BCUT2D eigenvalue weighted by Crippen LogP contribution is 2.34. The third-order valence-electron chi connectivity index (χ3n) is 5.07. The number of sulfonamides is 1. The fraction of sp³-hybridized carbons (Fsp3) is 0.435. The molecule has 0 unspecified atom stereocenters. The van der Waals surface area contributed by atoms with Gasteiger partial charge in [0.2, 0.25) is 4.80 Å². The molecule has 1 heterocycles. The Bertz CT molecular complexity index is 1220. The summed E-state index contributed by atoms with van der Waals surface area (Å²) < 4.78 is 36.4. The molecule has 0 atom stereocenters. The highest BCUT2D eigenvalue weighted by atomic mass is 32.2. The first-order valence-corrected chi connectivity index (χ1v) is 13.6. The minimum Gasteiger partial charge on any atom is -0.491 e. The Morgan fingerprint density at radius 1 is 1.06 bits per heavy atom. The first-order valence-electron chi connectivity index (χ1n) is 10.9. The lowest BCUT2D eigenvalue weighted by Crippen LogP contribution is -2.17. The average molecular weight is 475 g/mol. The SMILES string of the molecule is CCCCCCCCOc1cc2c(cc1N=N)sc(=NS(C)(=O)=O)n2Cc1ccccc1. The standard InChI is InChI=1S/C23H30N4O3S2/c1-3-4-5-6-7-11-14-30-21-16-20-22(15-19(21)25-24)31-23(26-32(2,28)29)27(20)17-18-12-9-8-10-13-18/h8-10,12-13,15-16,24H,3-7,11,14,17H2,1-2H3. The van der Waals surface area contributed by atoms with E-state index in [9.17, 15) is 8.42 Å². The molecule has 3 rings (SSSR count). The van der Waals surface area contributed by atoms with E-state index in [0.717, 1.165) is 34.9 Å². The number of ether oxygens (including phenoxy) is 1. The van der Waals surface area contributed by atoms with Crippen LogP contribution in [0, 0.1) is 5.53 Å². The van der Waals surface area contributed by atoms with Crippen LogP contribution < -0.4 is 9.54 Å². The third kappa shape index (κ3) is 6.74. The van der Waals surface area contributed by atoms with Gasteiger partial charge < -0.3 is 9.30 Å². The quantitative estimate of drug-likeness (QED) is 0.257. The fourth-order valence-corrected chi connectivity index (χ4v) is 5.34. The molecule has 0 aliphatic heterocycles. The van der Waals surface area contributed by atoms with E-state index in [1.165, 1.54) is 37.0 Å². The molecule has 3 aromatic rings. The molecule has 0 saturated carbocycles. The van der Waals surface area contributed by atoms with E-state index in [2.05, 4.69) is 16.4 Å². The summed E-state index contributed by atoms with van der Waals surface area (Å²) in [6, 6.07) is 13.4. The van der Waals surface area contributed by atoms with Crippen LogP contribution in [0.4, 0.5) is 5.69 Å². The van der Waals surface area contributed by atoms with Gasteiger partial charge in [-0.2, -0.15) is 5.11 Å². The predicted molar refractivity (Wildman–Crippen MR) is 129 cm³/mol. The zero-order chi connectivity index (χ0) is 23.0. The number of nitrogens with one attached hydrogen (secondary N) is 1. The summed E-state index contributed by atoms with van der Waals surface area (Å²) in [5, 5.41) is 3.63. The van der Waals surface area contributed by atoms with Gasteiger partial charge in [0, 0.05) is 6.07 Å². The van der Waals surface area contributed by atoms with Gasteiger partial charge in [0.15, 0.2) is 0 Å². The molecule has 9 heteroatoms. The largest absolute Gasteiger partial charge is 0.491 e. The molecule has 0 aliphatic carbocycles. The number of thiazole rings is 1. The van der Waals surface area contributed by atoms with Gasteiger partial charge in [-0.15, -0.1) is 4.40 Å². The monoisotopic (exact) mass is 474 g/mol. The smallest absolute Gasteiger partial charge is 0.252 e. The van der Waals surface area contributed by atoms with Crippen LogP contribution in [0.3, 0.4) is 0 Å². The van der Waals surface area contributed by atoms with Crippen molar-refractivity contribution >= 4 is 37.3 Å². The lowest BCUT2D eigenvalue weighted by Gasteiger charge is -2.10. The molecule has 0 amide bonds. The number of hydrogen-bond donors (Lipinski definition) is 1. The molecule has 0 bridgehead atoms. The van der Waals surface area contributed by atoms with Gasteiger partial charge in [0.25, 0.3) is 10.0 Å². The summed E-state index contributed by atoms with van der Waals surface area (Å²) in [5.74, 6) is 0.534. The average Bonchev–Trinajstić information content (AvgIpc) is 3.07. The van der Waals surface area contributed by atoms with Gasteiger partial charge >= 0.3 is 0 Å². The maximum Gasteiger partial charge on any atom is 0.252 e. The molecule has 0 saturated heterocycles. The van der Waals surface area contributed by atoms with E-state index >= 15 is 0 Å². The number of nitrogens with zero attached hydrogens (tertiary/aromatic N) is 3. The Kier molecular flexibility index (Phi) is 8.58. The topological polar surface area (TPSA) is 96.9 Å². The number of rotatable bonds is 12. The number of aromatic nitrogens is 1. The van der Waals surface area contributed by atoms with Crippen LogP contribution in [-0.4, -0.2) is 25.8 Å². The summed E-state index contributed by atoms with van der Waals surface area (Å²) >= 11 is 1.27. The molecule has 0 aliphatic rings. The highest BCUT2D eigenvalue weighted by Gasteiger charge is 2.14. The van der Waals surface area contributed by atoms with Crippen molar-refractivity contribution in [2.24, 2.45) is 9.51 Å². The van der Waals surface area contributed by atoms with Gasteiger partial charge in [-0.05, 0) is 18.1 Å². The van der Waals surface area contributed by atoms with Crippen molar-refractivity contribution in [1.29, 1.82) is 5.53 Å². The maximum absolute atomic E-state index is 11.9. The van der Waals surface area contributed by atoms with Crippen molar-refractivity contribution in [2.45, 2.75) is 52.0 Å². The fourth-order valence-electron chi connectivity index (χ4n) is 3.48. The second-order valence-corrected chi connectivity index (χ2v) is 10.5. The molecule has 32 heavy (non-hydrogen) atoms. The predicted octanol–water partition coefficient (Wildman–Crippen LogP) is 6.01. The van der Waals surface area contributed by atoms with Crippen LogP contribution in [-0.2, 0) is 16.6 Å². The van der Waals surface area contributed by atoms with E-state index in [4.69, 9.17) is 10.3 Å². The van der Waals surface area contributed by atoms with Crippen molar-refractivity contribution < 1.29 is 13.2 Å². The van der Waals surface area contributed by atoms with Crippen LogP contribution in [0.5, 0.6) is 5.75 Å². The van der Waals surface area contributed by atoms with Gasteiger partial charge in [-0.1, -0.05) is 80.7 Å². The minimum absolute atomic E-state index is 0.385. The molecule has 172 valence electrons. The second-order valence-electron chi connectivity index (χ2n) is 7.80. The van der Waals surface area contributed by atoms with Crippen molar-refractivity contribution in [1.82, 2.24) is 4.57 Å². The van der Waals surface area contributed by atoms with E-state index in [-0.39, 0.29) is 0 Å². The molecular formula is C23H30N4O3S2. The Labute approximate surface area is 193 Å². The summed E-state index contributed by atoms with van der Waals surface area (Å²) in [6.45, 7) is 3.24. The molecular weight excluding hydrogens is 444 g/mol. The summed E-state index contributed by atoms with van der Waals surface area (Å²) in [5.41, 5.74) is 9.84. The highest BCUT2D eigenvalue weighted by molar-refractivity contribution is 7.89. The van der Waals surface area contributed by atoms with Gasteiger partial charge in [-0.3, -0.25) is 0 Å². The molecule has 1 aromatic heterocycles. The first kappa shape index (κ1) is 24.1. The number of hydrogen-bond acceptors (Lipinski definition) is 6. The summed E-state index contributed by atoms with van der Waals surface area (Å²) in [4.78, 5) is 0.385. The zero-order valence-corrected chi connectivity index (χ0v) is 20.2. The van der Waals surface area contributed by atoms with Crippen molar-refractivity contribution in [3.8, 4) is 5.75 Å². The summed E-state index contributed by atoms with van der Waals surface area (Å²) in [6.07, 6.45) is 8.08. The van der Waals surface area contributed by atoms with Crippen LogP contribution in [0.15, 0.2) is 52.0 Å². The van der Waals surface area contributed by atoms with E-state index in [0.29, 0.717) is 29.4 Å². The number of fused-ring (bicyclic) bond motifs is 1. The normalized spacial score (nSPS) is 12.4. The van der Waals surface area contributed by atoms with Crippen LogP contribution >= 0.6 is 11.3 Å². The Morgan fingerprint density at radius 2 is 1.78 bits per heavy atom. The van der Waals surface area contributed by atoms with Gasteiger partial charge in [0.1, 0.15) is 11.4 Å². The molecule has 0 fully saturated rings. The van der Waals surface area contributed by atoms with Crippen molar-refractivity contribution in [3.05, 3.63) is 52.8 Å². The van der Waals surface area contributed by atoms with Crippen molar-refractivity contribution in [2.75, 3.05) is 12.9 Å². The number of benzene rings is 2. The van der Waals surface area contributed by atoms with Crippen molar-refractivity contribution in [3.63, 3.8) is 0 Å². The lowest BCUT2D eigenvalue weighted by molar-refractivity contribution is 0.305. The Morgan fingerprint density at radius 3 is 2.47 bits per heavy atom. The molecule has 1 N–H and O–H groups in total. The molecule has 2 aromatic carbocycles. The Hall–Kier alpha value is -2.52. The van der Waals surface area contributed by atoms with E-state index in [1.54, 1.807) is 6.07 Å². The Balaban J connectivity index is 1.93. The molecule has 7 nitrogen and oxygen atoms in total. The second kappa shape index (κ2) is 11.4.